The highest BCUT2D eigenvalue weighted by Gasteiger charge is 2.20. The molecule has 7 nitrogen and oxygen atoms in total. The van der Waals surface area contributed by atoms with Crippen LogP contribution in [0, 0.1) is 0 Å². The van der Waals surface area contributed by atoms with Gasteiger partial charge in [0.2, 0.25) is 5.91 Å². The van der Waals surface area contributed by atoms with Crippen molar-refractivity contribution in [2.45, 2.75) is 43.2 Å². The predicted molar refractivity (Wildman–Crippen MR) is 125 cm³/mol. The number of carbonyl (C=O) groups excluding carboxylic acids is 1. The molecule has 0 bridgehead atoms. The van der Waals surface area contributed by atoms with Gasteiger partial charge in [0.25, 0.3) is 0 Å². The number of carbonyl (C=O) groups is 1. The van der Waals surface area contributed by atoms with E-state index in [4.69, 9.17) is 4.74 Å². The lowest BCUT2D eigenvalue weighted by Gasteiger charge is -2.36. The minimum Gasteiger partial charge on any atom is -0.497 e. The fourth-order valence-electron chi connectivity index (χ4n) is 4.22. The SMILES string of the molecule is COc1ccc(N2CCN(c3cc(SCC(=O)NC4CCCCC4)ncn3)CC2)cc1. The summed E-state index contributed by atoms with van der Waals surface area (Å²) in [5, 5.41) is 4.02. The van der Waals surface area contributed by atoms with E-state index in [2.05, 4.69) is 37.2 Å². The Morgan fingerprint density at radius 2 is 1.77 bits per heavy atom. The van der Waals surface area contributed by atoms with Crippen LogP contribution in [-0.4, -0.2) is 61.0 Å². The van der Waals surface area contributed by atoms with Gasteiger partial charge in [0, 0.05) is 44.0 Å². The second-order valence-corrected chi connectivity index (χ2v) is 9.07. The van der Waals surface area contributed by atoms with Crippen molar-refractivity contribution in [3.63, 3.8) is 0 Å². The standard InChI is InChI=1S/C23H31N5O2S/c1-30-20-9-7-19(8-10-20)27-11-13-28(14-12-27)21-15-23(25-17-24-21)31-16-22(29)26-18-5-3-2-4-6-18/h7-10,15,17-18H,2-6,11-14,16H2,1H3,(H,26,29). The summed E-state index contributed by atoms with van der Waals surface area (Å²) in [5.41, 5.74) is 1.21. The number of nitrogens with one attached hydrogen (secondary N) is 1. The van der Waals surface area contributed by atoms with Crippen LogP contribution in [0.3, 0.4) is 0 Å². The third-order valence-electron chi connectivity index (χ3n) is 5.99. The normalized spacial score (nSPS) is 17.5. The molecule has 0 spiro atoms. The molecule has 166 valence electrons. The van der Waals surface area contributed by atoms with Crippen molar-refractivity contribution in [2.75, 3.05) is 48.8 Å². The number of piperazine rings is 1. The Balaban J connectivity index is 1.26. The smallest absolute Gasteiger partial charge is 0.230 e. The fraction of sp³-hybridized carbons (Fsp3) is 0.522. The minimum atomic E-state index is 0.102. The molecule has 1 aromatic heterocycles. The van der Waals surface area contributed by atoms with Gasteiger partial charge >= 0.3 is 0 Å². The highest BCUT2D eigenvalue weighted by Crippen LogP contribution is 2.24. The van der Waals surface area contributed by atoms with E-state index in [1.54, 1.807) is 13.4 Å². The van der Waals surface area contributed by atoms with Crippen molar-refractivity contribution >= 4 is 29.2 Å². The molecule has 0 unspecified atom stereocenters. The lowest BCUT2D eigenvalue weighted by atomic mass is 9.95. The molecule has 0 radical (unpaired) electrons. The first-order chi connectivity index (χ1) is 15.2. The van der Waals surface area contributed by atoms with Crippen molar-refractivity contribution in [1.29, 1.82) is 0 Å². The van der Waals surface area contributed by atoms with Crippen LogP contribution in [0.5, 0.6) is 5.75 Å². The summed E-state index contributed by atoms with van der Waals surface area (Å²) in [4.78, 5) is 25.8. The Hall–Kier alpha value is -2.48. The number of anilines is 2. The Labute approximate surface area is 188 Å². The number of amides is 1. The molecule has 8 heteroatoms. The van der Waals surface area contributed by atoms with Crippen LogP contribution >= 0.6 is 11.8 Å². The topological polar surface area (TPSA) is 70.6 Å². The van der Waals surface area contributed by atoms with Crippen LogP contribution < -0.4 is 19.9 Å². The van der Waals surface area contributed by atoms with Gasteiger partial charge < -0.3 is 19.9 Å². The van der Waals surface area contributed by atoms with E-state index in [9.17, 15) is 4.79 Å². The number of hydrogen-bond donors (Lipinski definition) is 1. The van der Waals surface area contributed by atoms with Gasteiger partial charge in [0.15, 0.2) is 0 Å². The van der Waals surface area contributed by atoms with E-state index in [0.717, 1.165) is 55.6 Å². The van der Waals surface area contributed by atoms with Crippen molar-refractivity contribution in [1.82, 2.24) is 15.3 Å². The Kier molecular flexibility index (Phi) is 7.51. The zero-order valence-corrected chi connectivity index (χ0v) is 18.9. The van der Waals surface area contributed by atoms with Gasteiger partial charge in [0.05, 0.1) is 12.9 Å². The number of ether oxygens (including phenoxy) is 1. The molecular formula is C23H31N5O2S. The second-order valence-electron chi connectivity index (χ2n) is 8.08. The predicted octanol–water partition coefficient (Wildman–Crippen LogP) is 3.35. The zero-order valence-electron chi connectivity index (χ0n) is 18.1. The molecule has 1 amide bonds. The van der Waals surface area contributed by atoms with E-state index in [-0.39, 0.29) is 5.91 Å². The van der Waals surface area contributed by atoms with E-state index in [0.29, 0.717) is 11.8 Å². The highest BCUT2D eigenvalue weighted by molar-refractivity contribution is 7.99. The molecule has 2 aliphatic rings. The fourth-order valence-corrected chi connectivity index (χ4v) is 4.90. The van der Waals surface area contributed by atoms with Crippen LogP contribution in [0.25, 0.3) is 0 Å². The molecule has 1 saturated heterocycles. The molecule has 1 saturated carbocycles. The summed E-state index contributed by atoms with van der Waals surface area (Å²) >= 11 is 1.48. The van der Waals surface area contributed by atoms with Crippen LogP contribution in [0.15, 0.2) is 41.7 Å². The second kappa shape index (κ2) is 10.7. The maximum absolute atomic E-state index is 12.3. The molecule has 1 N–H and O–H groups in total. The van der Waals surface area contributed by atoms with Crippen molar-refractivity contribution in [3.05, 3.63) is 36.7 Å². The van der Waals surface area contributed by atoms with Crippen LogP contribution in [0.4, 0.5) is 11.5 Å². The van der Waals surface area contributed by atoms with Crippen molar-refractivity contribution < 1.29 is 9.53 Å². The average molecular weight is 442 g/mol. The number of rotatable bonds is 7. The van der Waals surface area contributed by atoms with E-state index in [1.807, 2.05) is 18.2 Å². The maximum atomic E-state index is 12.3. The summed E-state index contributed by atoms with van der Waals surface area (Å²) in [5.74, 6) is 2.31. The van der Waals surface area contributed by atoms with Crippen LogP contribution in [-0.2, 0) is 4.79 Å². The van der Waals surface area contributed by atoms with E-state index < -0.39 is 0 Å². The zero-order chi connectivity index (χ0) is 21.5. The maximum Gasteiger partial charge on any atom is 0.230 e. The van der Waals surface area contributed by atoms with Gasteiger partial charge in [-0.05, 0) is 37.1 Å². The van der Waals surface area contributed by atoms with Gasteiger partial charge in [-0.15, -0.1) is 0 Å². The largest absolute Gasteiger partial charge is 0.497 e. The van der Waals surface area contributed by atoms with Crippen molar-refractivity contribution in [2.24, 2.45) is 0 Å². The molecule has 1 aliphatic heterocycles. The van der Waals surface area contributed by atoms with Crippen LogP contribution in [0.1, 0.15) is 32.1 Å². The van der Waals surface area contributed by atoms with Crippen LogP contribution in [0.2, 0.25) is 0 Å². The molecule has 0 atom stereocenters. The summed E-state index contributed by atoms with van der Waals surface area (Å²) < 4.78 is 5.25. The first-order valence-electron chi connectivity index (χ1n) is 11.1. The number of hydrogen-bond acceptors (Lipinski definition) is 7. The van der Waals surface area contributed by atoms with Gasteiger partial charge in [-0.2, -0.15) is 0 Å². The highest BCUT2D eigenvalue weighted by atomic mass is 32.2. The summed E-state index contributed by atoms with van der Waals surface area (Å²) in [6.07, 6.45) is 7.55. The number of thioether (sulfide) groups is 1. The lowest BCUT2D eigenvalue weighted by molar-refractivity contribution is -0.119. The molecule has 2 heterocycles. The molecule has 1 aromatic carbocycles. The molecule has 4 rings (SSSR count). The van der Waals surface area contributed by atoms with Gasteiger partial charge in [0.1, 0.15) is 22.9 Å². The average Bonchev–Trinajstić information content (AvgIpc) is 2.84. The van der Waals surface area contributed by atoms with E-state index in [1.165, 1.54) is 36.7 Å². The summed E-state index contributed by atoms with van der Waals surface area (Å²) in [7, 11) is 1.69. The van der Waals surface area contributed by atoms with Gasteiger partial charge in [-0.25, -0.2) is 9.97 Å². The quantitative estimate of drug-likeness (QED) is 0.522. The first kappa shape index (κ1) is 21.7. The summed E-state index contributed by atoms with van der Waals surface area (Å²) in [6, 6.07) is 10.6. The number of nitrogens with zero attached hydrogens (tertiary/aromatic N) is 4. The first-order valence-corrected chi connectivity index (χ1v) is 12.1. The Morgan fingerprint density at radius 1 is 1.06 bits per heavy atom. The number of aromatic nitrogens is 2. The minimum absolute atomic E-state index is 0.102. The van der Waals surface area contributed by atoms with E-state index >= 15 is 0 Å². The molecular weight excluding hydrogens is 410 g/mol. The van der Waals surface area contributed by atoms with Gasteiger partial charge in [-0.1, -0.05) is 31.0 Å². The van der Waals surface area contributed by atoms with Crippen molar-refractivity contribution in [3.8, 4) is 5.75 Å². The molecule has 31 heavy (non-hydrogen) atoms. The monoisotopic (exact) mass is 441 g/mol. The number of benzene rings is 1. The third-order valence-corrected chi connectivity index (χ3v) is 6.92. The molecule has 2 aromatic rings. The number of methoxy groups -OCH3 is 1. The Bertz CT molecular complexity index is 849. The third kappa shape index (κ3) is 6.03. The van der Waals surface area contributed by atoms with Gasteiger partial charge in [-0.3, -0.25) is 4.79 Å². The lowest BCUT2D eigenvalue weighted by Crippen LogP contribution is -2.46. The molecule has 1 aliphatic carbocycles. The molecule has 2 fully saturated rings. The summed E-state index contributed by atoms with van der Waals surface area (Å²) in [6.45, 7) is 3.66. The Morgan fingerprint density at radius 3 is 2.48 bits per heavy atom.